The van der Waals surface area contributed by atoms with Gasteiger partial charge in [-0.3, -0.25) is 9.36 Å². The predicted octanol–water partition coefficient (Wildman–Crippen LogP) is 0.759. The van der Waals surface area contributed by atoms with Gasteiger partial charge in [-0.25, -0.2) is 4.79 Å². The summed E-state index contributed by atoms with van der Waals surface area (Å²) in [4.78, 5) is 21.8. The van der Waals surface area contributed by atoms with Gasteiger partial charge in [-0.1, -0.05) is 12.1 Å². The number of carboxylic acid groups (broad SMARTS) is 1. The van der Waals surface area contributed by atoms with Crippen LogP contribution in [0.5, 0.6) is 0 Å². The van der Waals surface area contributed by atoms with Gasteiger partial charge in [0.15, 0.2) is 5.58 Å². The first-order valence-electron chi connectivity index (χ1n) is 4.39. The topological polar surface area (TPSA) is 72.4 Å². The number of oxazole rings is 1. The van der Waals surface area contributed by atoms with Crippen molar-refractivity contribution >= 4 is 17.1 Å². The second-order valence-corrected chi connectivity index (χ2v) is 3.26. The maximum absolute atomic E-state index is 11.2. The first kappa shape index (κ1) is 9.51. The third-order valence-electron chi connectivity index (χ3n) is 2.24. The molecule has 0 fully saturated rings. The van der Waals surface area contributed by atoms with Crippen molar-refractivity contribution in [2.24, 2.45) is 7.05 Å². The zero-order valence-electron chi connectivity index (χ0n) is 8.06. The van der Waals surface area contributed by atoms with Crippen molar-refractivity contribution in [3.63, 3.8) is 0 Å². The van der Waals surface area contributed by atoms with E-state index >= 15 is 0 Å². The summed E-state index contributed by atoms with van der Waals surface area (Å²) in [6.45, 7) is 0. The largest absolute Gasteiger partial charge is 0.481 e. The maximum Gasteiger partial charge on any atom is 0.419 e. The molecule has 1 aromatic heterocycles. The molecule has 15 heavy (non-hydrogen) atoms. The highest BCUT2D eigenvalue weighted by atomic mass is 16.4. The number of aryl methyl sites for hydroxylation is 1. The Bertz CT molecular complexity index is 579. The molecule has 0 saturated carbocycles. The number of rotatable bonds is 2. The summed E-state index contributed by atoms with van der Waals surface area (Å²) in [5, 5.41) is 8.68. The monoisotopic (exact) mass is 207 g/mol. The molecule has 0 amide bonds. The molecule has 0 spiro atoms. The number of nitrogens with zero attached hydrogens (tertiary/aromatic N) is 1. The van der Waals surface area contributed by atoms with Crippen molar-refractivity contribution < 1.29 is 14.3 Å². The molecular weight excluding hydrogens is 198 g/mol. The van der Waals surface area contributed by atoms with E-state index in [1.807, 2.05) is 0 Å². The van der Waals surface area contributed by atoms with Crippen LogP contribution in [-0.4, -0.2) is 15.6 Å². The van der Waals surface area contributed by atoms with E-state index in [9.17, 15) is 9.59 Å². The van der Waals surface area contributed by atoms with Gasteiger partial charge < -0.3 is 9.52 Å². The summed E-state index contributed by atoms with van der Waals surface area (Å²) in [6.07, 6.45) is -0.149. The Morgan fingerprint density at radius 2 is 2.27 bits per heavy atom. The number of aliphatic carboxylic acids is 1. The minimum Gasteiger partial charge on any atom is -0.481 e. The Balaban J connectivity index is 2.71. The Morgan fingerprint density at radius 3 is 2.93 bits per heavy atom. The fourth-order valence-corrected chi connectivity index (χ4v) is 1.51. The maximum atomic E-state index is 11.2. The average molecular weight is 207 g/mol. The summed E-state index contributed by atoms with van der Waals surface area (Å²) >= 11 is 0. The van der Waals surface area contributed by atoms with E-state index in [-0.39, 0.29) is 6.42 Å². The average Bonchev–Trinajstić information content (AvgIpc) is 2.45. The van der Waals surface area contributed by atoms with Gasteiger partial charge in [-0.15, -0.1) is 0 Å². The molecule has 0 aliphatic heterocycles. The molecule has 0 bridgehead atoms. The fraction of sp³-hybridized carbons (Fsp3) is 0.200. The second-order valence-electron chi connectivity index (χ2n) is 3.26. The summed E-state index contributed by atoms with van der Waals surface area (Å²) in [5.41, 5.74) is 1.48. The zero-order chi connectivity index (χ0) is 11.0. The molecule has 0 atom stereocenters. The number of para-hydroxylation sites is 1. The lowest BCUT2D eigenvalue weighted by Gasteiger charge is -1.97. The van der Waals surface area contributed by atoms with Crippen LogP contribution >= 0.6 is 0 Å². The molecule has 5 heteroatoms. The quantitative estimate of drug-likeness (QED) is 0.789. The van der Waals surface area contributed by atoms with Crippen LogP contribution in [0.3, 0.4) is 0 Å². The summed E-state index contributed by atoms with van der Waals surface area (Å²) in [6, 6.07) is 5.06. The summed E-state index contributed by atoms with van der Waals surface area (Å²) in [7, 11) is 1.58. The van der Waals surface area contributed by atoms with Crippen LogP contribution in [-0.2, 0) is 18.3 Å². The molecule has 0 saturated heterocycles. The van der Waals surface area contributed by atoms with Gasteiger partial charge in [0.1, 0.15) is 0 Å². The molecule has 2 rings (SSSR count). The number of carboxylic acids is 1. The third-order valence-corrected chi connectivity index (χ3v) is 2.24. The molecule has 0 aliphatic carbocycles. The lowest BCUT2D eigenvalue weighted by Crippen LogP contribution is -2.08. The molecule has 1 aromatic carbocycles. The Labute approximate surface area is 84.5 Å². The van der Waals surface area contributed by atoms with E-state index in [0.29, 0.717) is 16.7 Å². The third kappa shape index (κ3) is 1.52. The first-order chi connectivity index (χ1) is 7.09. The Hall–Kier alpha value is -2.04. The number of hydrogen-bond donors (Lipinski definition) is 1. The minimum absolute atomic E-state index is 0.149. The normalized spacial score (nSPS) is 10.7. The van der Waals surface area contributed by atoms with Crippen LogP contribution in [0.2, 0.25) is 0 Å². The lowest BCUT2D eigenvalue weighted by atomic mass is 10.1. The van der Waals surface area contributed by atoms with Crippen LogP contribution < -0.4 is 5.76 Å². The molecule has 0 unspecified atom stereocenters. The van der Waals surface area contributed by atoms with E-state index in [1.54, 1.807) is 25.2 Å². The molecule has 78 valence electrons. The molecule has 0 radical (unpaired) electrons. The Morgan fingerprint density at radius 1 is 1.53 bits per heavy atom. The van der Waals surface area contributed by atoms with E-state index < -0.39 is 11.7 Å². The van der Waals surface area contributed by atoms with Crippen LogP contribution in [0.1, 0.15) is 5.56 Å². The highest BCUT2D eigenvalue weighted by Crippen LogP contribution is 2.17. The fourth-order valence-electron chi connectivity index (χ4n) is 1.51. The van der Waals surface area contributed by atoms with Gasteiger partial charge in [-0.2, -0.15) is 0 Å². The predicted molar refractivity (Wildman–Crippen MR) is 52.8 cm³/mol. The number of hydrogen-bond acceptors (Lipinski definition) is 3. The SMILES string of the molecule is Cn1c(=O)oc2c(CC(=O)O)cccc21. The van der Waals surface area contributed by atoms with Gasteiger partial charge in [0, 0.05) is 12.6 Å². The molecule has 2 aromatic rings. The number of carbonyl (C=O) groups is 1. The minimum atomic E-state index is -0.950. The van der Waals surface area contributed by atoms with Crippen LogP contribution in [0.25, 0.3) is 11.1 Å². The van der Waals surface area contributed by atoms with Crippen LogP contribution in [0.15, 0.2) is 27.4 Å². The van der Waals surface area contributed by atoms with E-state index in [4.69, 9.17) is 9.52 Å². The van der Waals surface area contributed by atoms with Crippen LogP contribution in [0, 0.1) is 0 Å². The van der Waals surface area contributed by atoms with E-state index in [0.717, 1.165) is 0 Å². The van der Waals surface area contributed by atoms with E-state index in [2.05, 4.69) is 0 Å². The van der Waals surface area contributed by atoms with Crippen molar-refractivity contribution in [3.05, 3.63) is 34.3 Å². The Kier molecular flexibility index (Phi) is 2.07. The smallest absolute Gasteiger partial charge is 0.419 e. The molecular formula is C10H9NO4. The number of fused-ring (bicyclic) bond motifs is 1. The first-order valence-corrected chi connectivity index (χ1v) is 4.39. The summed E-state index contributed by atoms with van der Waals surface area (Å²) in [5.74, 6) is -1.43. The van der Waals surface area contributed by atoms with Crippen LogP contribution in [0.4, 0.5) is 0 Å². The molecule has 1 heterocycles. The van der Waals surface area contributed by atoms with Crippen molar-refractivity contribution in [2.75, 3.05) is 0 Å². The highest BCUT2D eigenvalue weighted by molar-refractivity contribution is 5.81. The molecule has 5 nitrogen and oxygen atoms in total. The second kappa shape index (κ2) is 3.27. The number of aromatic nitrogens is 1. The van der Waals surface area contributed by atoms with Gasteiger partial charge >= 0.3 is 11.7 Å². The van der Waals surface area contributed by atoms with Gasteiger partial charge in [0.05, 0.1) is 11.9 Å². The molecule has 1 N–H and O–H groups in total. The molecule has 0 aliphatic rings. The van der Waals surface area contributed by atoms with Gasteiger partial charge in [0.2, 0.25) is 0 Å². The lowest BCUT2D eigenvalue weighted by molar-refractivity contribution is -0.136. The number of benzene rings is 1. The van der Waals surface area contributed by atoms with Crippen molar-refractivity contribution in [2.45, 2.75) is 6.42 Å². The summed E-state index contributed by atoms with van der Waals surface area (Å²) < 4.78 is 6.32. The standard InChI is InChI=1S/C10H9NO4/c1-11-7-4-2-3-6(5-8(12)13)9(7)15-10(11)14/h2-4H,5H2,1H3,(H,12,13). The van der Waals surface area contributed by atoms with Gasteiger partial charge in [0.25, 0.3) is 0 Å². The zero-order valence-corrected chi connectivity index (χ0v) is 8.06. The van der Waals surface area contributed by atoms with Crippen molar-refractivity contribution in [1.29, 1.82) is 0 Å². The highest BCUT2D eigenvalue weighted by Gasteiger charge is 2.11. The van der Waals surface area contributed by atoms with Crippen molar-refractivity contribution in [1.82, 2.24) is 4.57 Å². The van der Waals surface area contributed by atoms with E-state index in [1.165, 1.54) is 4.57 Å². The van der Waals surface area contributed by atoms with Crippen molar-refractivity contribution in [3.8, 4) is 0 Å². The van der Waals surface area contributed by atoms with Gasteiger partial charge in [-0.05, 0) is 6.07 Å².